The number of carbonyl (C=O) groups excluding carboxylic acids is 4. The van der Waals surface area contributed by atoms with E-state index in [9.17, 15) is 27.6 Å². The molecule has 17 nitrogen and oxygen atoms in total. The second-order valence-electron chi connectivity index (χ2n) is 18.4. The van der Waals surface area contributed by atoms with Gasteiger partial charge in [0.15, 0.2) is 0 Å². The van der Waals surface area contributed by atoms with Gasteiger partial charge in [-0.3, -0.25) is 21.4 Å². The maximum absolute atomic E-state index is 15.9. The summed E-state index contributed by atoms with van der Waals surface area (Å²) in [6.07, 6.45) is -0.648. The van der Waals surface area contributed by atoms with Crippen molar-refractivity contribution >= 4 is 106 Å². The molecular formula is C43H59N7O10S4Si2. The molecule has 1 atom stereocenters. The van der Waals surface area contributed by atoms with Crippen LogP contribution in [0.3, 0.4) is 0 Å². The highest BCUT2D eigenvalue weighted by atomic mass is 32.3. The lowest BCUT2D eigenvalue weighted by Gasteiger charge is -2.19. The van der Waals surface area contributed by atoms with Crippen LogP contribution in [0.2, 0.25) is 51.4 Å². The van der Waals surface area contributed by atoms with E-state index >= 15 is 4.21 Å². The van der Waals surface area contributed by atoms with Gasteiger partial charge in [-0.1, -0.05) is 55.2 Å². The van der Waals surface area contributed by atoms with E-state index < -0.39 is 65.8 Å². The number of hydrogen-bond donors (Lipinski definition) is 6. The van der Waals surface area contributed by atoms with Crippen LogP contribution in [-0.4, -0.2) is 84.0 Å². The van der Waals surface area contributed by atoms with Crippen LogP contribution in [0.15, 0.2) is 89.4 Å². The van der Waals surface area contributed by atoms with E-state index in [0.29, 0.717) is 32.6 Å². The van der Waals surface area contributed by atoms with Crippen LogP contribution in [0.5, 0.6) is 0 Å². The number of sulfonamides is 1. The second-order valence-corrected chi connectivity index (χ2v) is 35.8. The van der Waals surface area contributed by atoms with Crippen LogP contribution in [0.1, 0.15) is 31.2 Å². The van der Waals surface area contributed by atoms with Crippen molar-refractivity contribution in [2.45, 2.75) is 104 Å². The predicted octanol–water partition coefficient (Wildman–Crippen LogP) is 10.8. The average Bonchev–Trinajstić information content (AvgIpc) is 3.62. The molecule has 7 N–H and O–H groups in total. The summed E-state index contributed by atoms with van der Waals surface area (Å²) in [5, 5.41) is 19.0. The zero-order chi connectivity index (χ0) is 49.4. The van der Waals surface area contributed by atoms with Crippen LogP contribution in [0.4, 0.5) is 36.2 Å². The number of amidine groups is 1. The molecule has 0 aliphatic heterocycles. The van der Waals surface area contributed by atoms with Crippen molar-refractivity contribution in [3.63, 3.8) is 0 Å². The molecule has 0 radical (unpaired) electrons. The standard InChI is InChI=1S/C43H59N7O10S4Si2/c1-27-23-30(47-40(52)58-19-21-65(6,7)8)25-33(48-41(53)59-20-22-66(9,10)11)36(27)28-13-12-14-32(24-28)63(55,50-64(56,57)31-17-15-29(16-18-31)46-39(45)51)35-26-34(62-38(35)61-5)37(44)49-42(54)60-43(2,3)4/h12-18,23-26H,19-22H2,1-11H3,(H,47,52)(H,48,53)(H2,44,49,54)(H3,45,46,51). The normalized spacial score (nSPS) is 12.8. The lowest BCUT2D eigenvalue weighted by Crippen LogP contribution is -2.36. The molecule has 4 rings (SSSR count). The van der Waals surface area contributed by atoms with Gasteiger partial charge >= 0.3 is 24.3 Å². The number of nitrogens with two attached hydrogens (primary N) is 1. The number of benzene rings is 3. The maximum Gasteiger partial charge on any atom is 0.413 e. The van der Waals surface area contributed by atoms with Crippen molar-refractivity contribution < 1.29 is 46.0 Å². The largest absolute Gasteiger partial charge is 0.450 e. The first kappa shape index (κ1) is 53.4. The molecule has 1 heterocycles. The van der Waals surface area contributed by atoms with Gasteiger partial charge in [-0.25, -0.2) is 23.4 Å². The molecule has 1 aromatic heterocycles. The van der Waals surface area contributed by atoms with Gasteiger partial charge < -0.3 is 25.3 Å². The van der Waals surface area contributed by atoms with Gasteiger partial charge in [0, 0.05) is 33.1 Å². The van der Waals surface area contributed by atoms with E-state index in [4.69, 9.17) is 25.4 Å². The average molecular weight is 1020 g/mol. The van der Waals surface area contributed by atoms with Crippen LogP contribution < -0.4 is 27.0 Å². The molecule has 0 aliphatic carbocycles. The molecule has 0 bridgehead atoms. The third-order valence-electron chi connectivity index (χ3n) is 9.08. The van der Waals surface area contributed by atoms with Crippen molar-refractivity contribution in [2.75, 3.05) is 35.4 Å². The van der Waals surface area contributed by atoms with E-state index in [1.165, 1.54) is 48.5 Å². The number of primary amides is 1. The summed E-state index contributed by atoms with van der Waals surface area (Å²) in [5.41, 5.74) is 6.46. The van der Waals surface area contributed by atoms with Crippen molar-refractivity contribution in [3.8, 4) is 11.1 Å². The molecular weight excluding hydrogens is 959 g/mol. The van der Waals surface area contributed by atoms with Crippen molar-refractivity contribution in [3.05, 3.63) is 77.2 Å². The molecule has 0 saturated heterocycles. The fourth-order valence-electron chi connectivity index (χ4n) is 5.89. The lowest BCUT2D eigenvalue weighted by atomic mass is 9.97. The Morgan fingerprint density at radius 2 is 1.38 bits per heavy atom. The predicted molar refractivity (Wildman–Crippen MR) is 269 cm³/mol. The Kier molecular flexibility index (Phi) is 17.5. The Morgan fingerprint density at radius 3 is 1.92 bits per heavy atom. The first-order chi connectivity index (χ1) is 30.5. The quantitative estimate of drug-likeness (QED) is 0.0202. The SMILES string of the molecule is CSc1sc(C(=N)NC(=O)OC(C)(C)C)cc1S(=O)(=NS(=O)(=O)c1ccc(NC(N)=O)cc1)c1cccc(-c2c(C)cc(NC(=O)OCC[Si](C)(C)C)cc2NC(=O)OCC[Si](C)(C)C)c1. The van der Waals surface area contributed by atoms with Gasteiger partial charge in [0.2, 0.25) is 0 Å². The monoisotopic (exact) mass is 1020 g/mol. The number of thioether (sulfide) groups is 1. The van der Waals surface area contributed by atoms with E-state index in [0.717, 1.165) is 29.1 Å². The minimum atomic E-state index is -4.76. The number of hydrogen-bond acceptors (Lipinski definition) is 13. The molecule has 0 aliphatic rings. The molecule has 358 valence electrons. The number of carbonyl (C=O) groups is 4. The van der Waals surface area contributed by atoms with Gasteiger partial charge in [-0.2, -0.15) is 8.42 Å². The number of nitrogens with one attached hydrogen (secondary N) is 5. The third-order valence-corrected chi connectivity index (χ3v) is 19.3. The Balaban J connectivity index is 1.93. The molecule has 4 aromatic rings. The maximum atomic E-state index is 15.9. The van der Waals surface area contributed by atoms with Crippen molar-refractivity contribution in [1.29, 1.82) is 5.41 Å². The molecule has 0 fully saturated rings. The lowest BCUT2D eigenvalue weighted by molar-refractivity contribution is 0.0563. The Labute approximate surface area is 397 Å². The van der Waals surface area contributed by atoms with Crippen LogP contribution in [0, 0.1) is 12.3 Å². The van der Waals surface area contributed by atoms with Crippen molar-refractivity contribution in [1.82, 2.24) is 5.32 Å². The summed E-state index contributed by atoms with van der Waals surface area (Å²) in [4.78, 5) is 50.1. The van der Waals surface area contributed by atoms with Crippen LogP contribution in [0.25, 0.3) is 11.1 Å². The highest BCUT2D eigenvalue weighted by Crippen LogP contribution is 2.42. The van der Waals surface area contributed by atoms with Gasteiger partial charge in [-0.05, 0) is 112 Å². The number of rotatable bonds is 16. The van der Waals surface area contributed by atoms with Gasteiger partial charge in [-0.15, -0.1) is 23.1 Å². The minimum Gasteiger partial charge on any atom is -0.450 e. The Morgan fingerprint density at radius 1 is 0.788 bits per heavy atom. The smallest absolute Gasteiger partial charge is 0.413 e. The first-order valence-electron chi connectivity index (χ1n) is 20.6. The second kappa shape index (κ2) is 21.6. The number of ether oxygens (including phenoxy) is 3. The number of thiophene rings is 1. The minimum absolute atomic E-state index is 0.0493. The van der Waals surface area contributed by atoms with E-state index in [1.807, 2.05) is 0 Å². The number of aryl methyl sites for hydroxylation is 1. The summed E-state index contributed by atoms with van der Waals surface area (Å²) >= 11 is 2.13. The number of nitrogens with zero attached hydrogens (tertiary/aromatic N) is 1. The highest BCUT2D eigenvalue weighted by Gasteiger charge is 2.30. The Bertz CT molecular complexity index is 2720. The third kappa shape index (κ3) is 15.7. The molecule has 23 heteroatoms. The molecule has 0 saturated carbocycles. The van der Waals surface area contributed by atoms with Crippen molar-refractivity contribution in [2.24, 2.45) is 9.50 Å². The molecule has 1 unspecified atom stereocenters. The summed E-state index contributed by atoms with van der Waals surface area (Å²) in [7, 11) is -12.0. The van der Waals surface area contributed by atoms with Gasteiger partial charge in [0.1, 0.15) is 21.2 Å². The van der Waals surface area contributed by atoms with Crippen LogP contribution in [-0.2, 0) is 34.0 Å². The summed E-state index contributed by atoms with van der Waals surface area (Å²) < 4.78 is 65.3. The fraction of sp³-hybridized carbons (Fsp3) is 0.372. The number of amides is 5. The topological polar surface area (TPSA) is 258 Å². The van der Waals surface area contributed by atoms with Crippen LogP contribution >= 0.6 is 23.1 Å². The summed E-state index contributed by atoms with van der Waals surface area (Å²) in [5.74, 6) is -0.386. The molecule has 3 aromatic carbocycles. The zero-order valence-corrected chi connectivity index (χ0v) is 44.2. The number of urea groups is 1. The Hall–Kier alpha value is -5.21. The molecule has 5 amide bonds. The summed E-state index contributed by atoms with van der Waals surface area (Å²) in [6, 6.07) is 16.3. The number of anilines is 3. The van der Waals surface area contributed by atoms with Gasteiger partial charge in [0.25, 0.3) is 10.0 Å². The zero-order valence-electron chi connectivity index (χ0n) is 38.9. The number of alkyl carbamates (subject to hydrolysis) is 1. The van der Waals surface area contributed by atoms with E-state index in [2.05, 4.69) is 64.3 Å². The fourth-order valence-corrected chi connectivity index (χ4v) is 13.9. The molecule has 66 heavy (non-hydrogen) atoms. The summed E-state index contributed by atoms with van der Waals surface area (Å²) in [6.45, 7) is 20.1. The first-order valence-corrected chi connectivity index (χ1v) is 33.0. The molecule has 0 spiro atoms. The van der Waals surface area contributed by atoms with E-state index in [-0.39, 0.29) is 50.0 Å². The van der Waals surface area contributed by atoms with Gasteiger partial charge in [0.05, 0.1) is 42.7 Å². The highest BCUT2D eigenvalue weighted by molar-refractivity contribution is 8.05. The van der Waals surface area contributed by atoms with E-state index in [1.54, 1.807) is 52.1 Å².